The summed E-state index contributed by atoms with van der Waals surface area (Å²) in [6, 6.07) is 12.4. The summed E-state index contributed by atoms with van der Waals surface area (Å²) in [7, 11) is 1.80. The number of aliphatic imine (C=N–C) groups is 1. The van der Waals surface area contributed by atoms with E-state index in [1.807, 2.05) is 12.1 Å². The van der Waals surface area contributed by atoms with E-state index in [1.54, 1.807) is 13.2 Å². The highest BCUT2D eigenvalue weighted by molar-refractivity contribution is 14.0. The number of aromatic nitrogens is 1. The van der Waals surface area contributed by atoms with Gasteiger partial charge in [-0.1, -0.05) is 42.8 Å². The summed E-state index contributed by atoms with van der Waals surface area (Å²) >= 11 is 6.29. The molecule has 1 saturated heterocycles. The van der Waals surface area contributed by atoms with E-state index in [9.17, 15) is 0 Å². The molecule has 164 valence electrons. The van der Waals surface area contributed by atoms with E-state index in [4.69, 9.17) is 16.3 Å². The Kier molecular flexibility index (Phi) is 10.7. The molecule has 0 saturated carbocycles. The lowest BCUT2D eigenvalue weighted by atomic mass is 10.1. The molecule has 0 radical (unpaired) electrons. The van der Waals surface area contributed by atoms with Crippen LogP contribution in [0.3, 0.4) is 0 Å². The van der Waals surface area contributed by atoms with Crippen LogP contribution in [0.1, 0.15) is 30.9 Å². The van der Waals surface area contributed by atoms with Crippen LogP contribution in [0.15, 0.2) is 47.6 Å². The standard InChI is InChI=1S/C22H30ClN5O.HI/c1-3-13-29-16-18-8-5-4-7-17(18)14-26-22(24-2)27-19-10-12-28(15-19)21-20(23)9-6-11-25-21;/h4-9,11,19H,3,10,12-16H2,1-2H3,(H2,24,26,27);1H. The molecule has 1 aliphatic heterocycles. The Morgan fingerprint density at radius 3 is 2.80 bits per heavy atom. The lowest BCUT2D eigenvalue weighted by Crippen LogP contribution is -2.44. The highest BCUT2D eigenvalue weighted by atomic mass is 127. The monoisotopic (exact) mass is 543 g/mol. The van der Waals surface area contributed by atoms with Gasteiger partial charge in [0.05, 0.1) is 11.6 Å². The molecule has 1 aliphatic rings. The van der Waals surface area contributed by atoms with Crippen molar-refractivity contribution in [3.8, 4) is 0 Å². The van der Waals surface area contributed by atoms with Crippen LogP contribution in [0.25, 0.3) is 0 Å². The zero-order valence-corrected chi connectivity index (χ0v) is 20.7. The topological polar surface area (TPSA) is 61.8 Å². The van der Waals surface area contributed by atoms with Crippen molar-refractivity contribution in [2.24, 2.45) is 4.99 Å². The molecule has 6 nitrogen and oxygen atoms in total. The second-order valence-electron chi connectivity index (χ2n) is 7.13. The Hall–Kier alpha value is -1.58. The number of pyridine rings is 1. The molecule has 2 N–H and O–H groups in total. The number of anilines is 1. The zero-order chi connectivity index (χ0) is 20.5. The molecule has 1 fully saturated rings. The average molecular weight is 544 g/mol. The van der Waals surface area contributed by atoms with Gasteiger partial charge in [0.15, 0.2) is 5.96 Å². The van der Waals surface area contributed by atoms with Crippen LogP contribution < -0.4 is 15.5 Å². The van der Waals surface area contributed by atoms with Crippen LogP contribution in [-0.4, -0.2) is 43.7 Å². The minimum Gasteiger partial charge on any atom is -0.377 e. The smallest absolute Gasteiger partial charge is 0.191 e. The van der Waals surface area contributed by atoms with Crippen molar-refractivity contribution < 1.29 is 4.74 Å². The van der Waals surface area contributed by atoms with Crippen molar-refractivity contribution in [3.05, 3.63) is 58.7 Å². The zero-order valence-electron chi connectivity index (χ0n) is 17.6. The second-order valence-corrected chi connectivity index (χ2v) is 7.54. The fourth-order valence-electron chi connectivity index (χ4n) is 3.44. The maximum absolute atomic E-state index is 6.29. The number of halogens is 2. The summed E-state index contributed by atoms with van der Waals surface area (Å²) in [5, 5.41) is 7.65. The van der Waals surface area contributed by atoms with Gasteiger partial charge in [-0.05, 0) is 36.1 Å². The van der Waals surface area contributed by atoms with Gasteiger partial charge in [0.25, 0.3) is 0 Å². The normalized spacial score (nSPS) is 16.3. The Morgan fingerprint density at radius 2 is 2.07 bits per heavy atom. The lowest BCUT2D eigenvalue weighted by molar-refractivity contribution is 0.121. The van der Waals surface area contributed by atoms with Gasteiger partial charge in [-0.2, -0.15) is 0 Å². The van der Waals surface area contributed by atoms with E-state index in [0.29, 0.717) is 24.2 Å². The number of benzene rings is 1. The molecule has 0 bridgehead atoms. The molecule has 1 aromatic heterocycles. The number of hydrogen-bond donors (Lipinski definition) is 2. The fraction of sp³-hybridized carbons (Fsp3) is 0.455. The SMILES string of the molecule is CCCOCc1ccccc1CNC(=NC)NC1CCN(c2ncccc2Cl)C1.I. The first-order chi connectivity index (χ1) is 14.2. The maximum Gasteiger partial charge on any atom is 0.191 e. The number of nitrogens with zero attached hydrogens (tertiary/aromatic N) is 3. The third-order valence-electron chi connectivity index (χ3n) is 4.96. The van der Waals surface area contributed by atoms with Crippen LogP contribution >= 0.6 is 35.6 Å². The van der Waals surface area contributed by atoms with Crippen molar-refractivity contribution in [1.82, 2.24) is 15.6 Å². The molecule has 0 aliphatic carbocycles. The van der Waals surface area contributed by atoms with Gasteiger partial charge in [-0.25, -0.2) is 4.98 Å². The first-order valence-electron chi connectivity index (χ1n) is 10.2. The van der Waals surface area contributed by atoms with E-state index < -0.39 is 0 Å². The van der Waals surface area contributed by atoms with Crippen LogP contribution in [0, 0.1) is 0 Å². The van der Waals surface area contributed by atoms with Gasteiger partial charge < -0.3 is 20.3 Å². The molecule has 3 rings (SSSR count). The highest BCUT2D eigenvalue weighted by Gasteiger charge is 2.25. The minimum atomic E-state index is 0. The molecule has 1 atom stereocenters. The van der Waals surface area contributed by atoms with Gasteiger partial charge in [0, 0.05) is 45.5 Å². The molecule has 8 heteroatoms. The van der Waals surface area contributed by atoms with E-state index in [1.165, 1.54) is 11.1 Å². The molecule has 0 spiro atoms. The Morgan fingerprint density at radius 1 is 1.27 bits per heavy atom. The van der Waals surface area contributed by atoms with Crippen LogP contribution in [0.5, 0.6) is 0 Å². The van der Waals surface area contributed by atoms with Gasteiger partial charge in [-0.3, -0.25) is 4.99 Å². The number of nitrogens with one attached hydrogen (secondary N) is 2. The maximum atomic E-state index is 6.29. The summed E-state index contributed by atoms with van der Waals surface area (Å²) in [5.41, 5.74) is 2.43. The molecule has 2 aromatic rings. The Labute approximate surface area is 201 Å². The van der Waals surface area contributed by atoms with E-state index in [0.717, 1.165) is 44.3 Å². The van der Waals surface area contributed by atoms with E-state index in [-0.39, 0.29) is 24.0 Å². The second kappa shape index (κ2) is 13.0. The third kappa shape index (κ3) is 6.99. The van der Waals surface area contributed by atoms with E-state index >= 15 is 0 Å². The van der Waals surface area contributed by atoms with Crippen LogP contribution in [-0.2, 0) is 17.9 Å². The summed E-state index contributed by atoms with van der Waals surface area (Å²) in [6.45, 7) is 6.01. The van der Waals surface area contributed by atoms with Gasteiger partial charge in [0.2, 0.25) is 0 Å². The van der Waals surface area contributed by atoms with Crippen molar-refractivity contribution in [1.29, 1.82) is 0 Å². The predicted molar refractivity (Wildman–Crippen MR) is 135 cm³/mol. The highest BCUT2D eigenvalue weighted by Crippen LogP contribution is 2.25. The number of guanidine groups is 1. The lowest BCUT2D eigenvalue weighted by Gasteiger charge is -2.20. The first-order valence-corrected chi connectivity index (χ1v) is 10.6. The van der Waals surface area contributed by atoms with Gasteiger partial charge in [-0.15, -0.1) is 24.0 Å². The molecule has 1 aromatic carbocycles. The van der Waals surface area contributed by atoms with Crippen LogP contribution in [0.2, 0.25) is 5.02 Å². The van der Waals surface area contributed by atoms with Gasteiger partial charge in [0.1, 0.15) is 5.82 Å². The minimum absolute atomic E-state index is 0. The largest absolute Gasteiger partial charge is 0.377 e. The quantitative estimate of drug-likeness (QED) is 0.226. The molecule has 1 unspecified atom stereocenters. The number of hydrogen-bond acceptors (Lipinski definition) is 4. The average Bonchev–Trinajstić information content (AvgIpc) is 3.20. The summed E-state index contributed by atoms with van der Waals surface area (Å²) in [5.74, 6) is 1.65. The number of rotatable bonds is 8. The molecule has 2 heterocycles. The summed E-state index contributed by atoms with van der Waals surface area (Å²) in [4.78, 5) is 11.0. The van der Waals surface area contributed by atoms with Crippen molar-refractivity contribution >= 4 is 47.4 Å². The van der Waals surface area contributed by atoms with E-state index in [2.05, 4.69) is 56.7 Å². The summed E-state index contributed by atoms with van der Waals surface area (Å²) < 4.78 is 5.72. The molecular formula is C22H31ClIN5O. The number of ether oxygens (including phenoxy) is 1. The fourth-order valence-corrected chi connectivity index (χ4v) is 3.69. The Balaban J connectivity index is 0.00000320. The molecule has 30 heavy (non-hydrogen) atoms. The van der Waals surface area contributed by atoms with Crippen LogP contribution in [0.4, 0.5) is 5.82 Å². The van der Waals surface area contributed by atoms with Gasteiger partial charge >= 0.3 is 0 Å². The first kappa shape index (κ1) is 24.7. The third-order valence-corrected chi connectivity index (χ3v) is 5.26. The Bertz CT molecular complexity index is 820. The summed E-state index contributed by atoms with van der Waals surface area (Å²) in [6.07, 6.45) is 3.82. The van der Waals surface area contributed by atoms with Crippen molar-refractivity contribution in [2.75, 3.05) is 31.6 Å². The predicted octanol–water partition coefficient (Wildman–Crippen LogP) is 4.22. The molecule has 0 amide bonds. The van der Waals surface area contributed by atoms with Crippen molar-refractivity contribution in [3.63, 3.8) is 0 Å². The van der Waals surface area contributed by atoms with Crippen molar-refractivity contribution in [2.45, 2.75) is 39.0 Å². The molecular weight excluding hydrogens is 513 g/mol.